The molecular formula is C11H10BrN3S. The average molecular weight is 296 g/mol. The molecule has 0 aliphatic carbocycles. The number of anilines is 2. The van der Waals surface area contributed by atoms with Crippen LogP contribution in [-0.4, -0.2) is 11.2 Å². The van der Waals surface area contributed by atoms with Gasteiger partial charge in [-0.05, 0) is 19.1 Å². The maximum atomic E-state index is 7.33. The Kier molecular flexibility index (Phi) is 3.36. The normalized spacial score (nSPS) is 10.1. The van der Waals surface area contributed by atoms with E-state index < -0.39 is 0 Å². The van der Waals surface area contributed by atoms with Crippen LogP contribution in [-0.2, 0) is 0 Å². The summed E-state index contributed by atoms with van der Waals surface area (Å²) in [6.45, 7) is 1.96. The minimum Gasteiger partial charge on any atom is -0.331 e. The van der Waals surface area contributed by atoms with Crippen LogP contribution in [0.4, 0.5) is 10.8 Å². The zero-order valence-electron chi connectivity index (χ0n) is 8.62. The second-order valence-electron chi connectivity index (χ2n) is 3.29. The van der Waals surface area contributed by atoms with E-state index in [0.29, 0.717) is 0 Å². The van der Waals surface area contributed by atoms with Crippen molar-refractivity contribution in [1.29, 1.82) is 5.41 Å². The predicted octanol–water partition coefficient (Wildman–Crippen LogP) is 3.96. The molecule has 3 nitrogen and oxygen atoms in total. The SMILES string of the molecule is Cc1csc(Nc2cc(Br)ccc2C=N)n1. The van der Waals surface area contributed by atoms with Crippen molar-refractivity contribution in [3.63, 3.8) is 0 Å². The lowest BCUT2D eigenvalue weighted by molar-refractivity contribution is 1.26. The molecule has 0 saturated carbocycles. The van der Waals surface area contributed by atoms with Crippen molar-refractivity contribution in [2.45, 2.75) is 6.92 Å². The number of hydrogen-bond donors (Lipinski definition) is 2. The van der Waals surface area contributed by atoms with Crippen LogP contribution in [0.2, 0.25) is 0 Å². The van der Waals surface area contributed by atoms with Crippen molar-refractivity contribution in [2.75, 3.05) is 5.32 Å². The summed E-state index contributed by atoms with van der Waals surface area (Å²) in [7, 11) is 0. The Bertz CT molecular complexity index is 522. The molecule has 1 heterocycles. The monoisotopic (exact) mass is 295 g/mol. The van der Waals surface area contributed by atoms with Gasteiger partial charge in [0.1, 0.15) is 0 Å². The molecule has 82 valence electrons. The topological polar surface area (TPSA) is 48.8 Å². The Labute approximate surface area is 106 Å². The van der Waals surface area contributed by atoms with E-state index >= 15 is 0 Å². The molecule has 2 N–H and O–H groups in total. The summed E-state index contributed by atoms with van der Waals surface area (Å²) in [6.07, 6.45) is 1.33. The van der Waals surface area contributed by atoms with Crippen LogP contribution in [0.3, 0.4) is 0 Å². The van der Waals surface area contributed by atoms with Crippen molar-refractivity contribution in [1.82, 2.24) is 4.98 Å². The van der Waals surface area contributed by atoms with Gasteiger partial charge in [0.25, 0.3) is 0 Å². The van der Waals surface area contributed by atoms with Crippen LogP contribution in [0.25, 0.3) is 0 Å². The van der Waals surface area contributed by atoms with E-state index in [9.17, 15) is 0 Å². The van der Waals surface area contributed by atoms with Crippen molar-refractivity contribution in [2.24, 2.45) is 0 Å². The summed E-state index contributed by atoms with van der Waals surface area (Å²) in [4.78, 5) is 4.33. The van der Waals surface area contributed by atoms with Gasteiger partial charge in [-0.1, -0.05) is 22.0 Å². The summed E-state index contributed by atoms with van der Waals surface area (Å²) in [5.74, 6) is 0. The molecule has 0 fully saturated rings. The number of aromatic nitrogens is 1. The van der Waals surface area contributed by atoms with Gasteiger partial charge in [0.05, 0.1) is 11.4 Å². The highest BCUT2D eigenvalue weighted by atomic mass is 79.9. The molecule has 0 unspecified atom stereocenters. The standard InChI is InChI=1S/C11H10BrN3S/c1-7-6-16-11(14-7)15-10-4-9(12)3-2-8(10)5-13/h2-6,13H,1H3,(H,14,15). The Balaban J connectivity index is 2.32. The van der Waals surface area contributed by atoms with Crippen LogP contribution in [0.15, 0.2) is 28.1 Å². The first-order valence-electron chi connectivity index (χ1n) is 4.68. The van der Waals surface area contributed by atoms with Crippen LogP contribution in [0.5, 0.6) is 0 Å². The first-order chi connectivity index (χ1) is 7.69. The maximum Gasteiger partial charge on any atom is 0.187 e. The fraction of sp³-hybridized carbons (Fsp3) is 0.0909. The van der Waals surface area contributed by atoms with Crippen LogP contribution in [0, 0.1) is 12.3 Å². The fourth-order valence-electron chi connectivity index (χ4n) is 1.29. The molecule has 5 heteroatoms. The number of thiazole rings is 1. The van der Waals surface area contributed by atoms with Crippen molar-refractivity contribution < 1.29 is 0 Å². The van der Waals surface area contributed by atoms with Gasteiger partial charge in [-0.15, -0.1) is 11.3 Å². The lowest BCUT2D eigenvalue weighted by Gasteiger charge is -2.06. The third-order valence-corrected chi connectivity index (χ3v) is 3.40. The number of benzene rings is 1. The van der Waals surface area contributed by atoms with Crippen LogP contribution < -0.4 is 5.32 Å². The van der Waals surface area contributed by atoms with Crippen molar-refractivity contribution in [3.05, 3.63) is 39.3 Å². The summed E-state index contributed by atoms with van der Waals surface area (Å²) in [6, 6.07) is 5.75. The van der Waals surface area contributed by atoms with Gasteiger partial charge < -0.3 is 10.7 Å². The molecule has 1 aromatic heterocycles. The molecule has 2 rings (SSSR count). The maximum absolute atomic E-state index is 7.33. The van der Waals surface area contributed by atoms with E-state index in [-0.39, 0.29) is 0 Å². The Morgan fingerprint density at radius 1 is 1.50 bits per heavy atom. The van der Waals surface area contributed by atoms with Gasteiger partial charge in [-0.2, -0.15) is 0 Å². The molecule has 0 aliphatic rings. The summed E-state index contributed by atoms with van der Waals surface area (Å²) < 4.78 is 0.980. The van der Waals surface area contributed by atoms with Gasteiger partial charge in [0.15, 0.2) is 5.13 Å². The van der Waals surface area contributed by atoms with Crippen molar-refractivity contribution >= 4 is 44.3 Å². The second kappa shape index (κ2) is 4.76. The largest absolute Gasteiger partial charge is 0.331 e. The Morgan fingerprint density at radius 3 is 2.94 bits per heavy atom. The first-order valence-corrected chi connectivity index (χ1v) is 6.35. The zero-order chi connectivity index (χ0) is 11.5. The quantitative estimate of drug-likeness (QED) is 0.842. The summed E-state index contributed by atoms with van der Waals surface area (Å²) >= 11 is 4.97. The van der Waals surface area contributed by atoms with Gasteiger partial charge in [0.2, 0.25) is 0 Å². The molecule has 0 spiro atoms. The lowest BCUT2D eigenvalue weighted by atomic mass is 10.2. The van der Waals surface area contributed by atoms with E-state index in [1.165, 1.54) is 6.21 Å². The highest BCUT2D eigenvalue weighted by Gasteiger charge is 2.04. The summed E-state index contributed by atoms with van der Waals surface area (Å²) in [5.41, 5.74) is 2.73. The Hall–Kier alpha value is -1.20. The lowest BCUT2D eigenvalue weighted by Crippen LogP contribution is -1.94. The molecule has 0 aliphatic heterocycles. The predicted molar refractivity (Wildman–Crippen MR) is 72.2 cm³/mol. The van der Waals surface area contributed by atoms with E-state index in [0.717, 1.165) is 26.5 Å². The van der Waals surface area contributed by atoms with Gasteiger partial charge in [-0.25, -0.2) is 4.98 Å². The number of aryl methyl sites for hydroxylation is 1. The molecule has 1 aromatic carbocycles. The number of nitrogens with one attached hydrogen (secondary N) is 2. The first kappa shape index (κ1) is 11.3. The molecule has 0 bridgehead atoms. The molecule has 0 saturated heterocycles. The van der Waals surface area contributed by atoms with Gasteiger partial charge >= 0.3 is 0 Å². The molecule has 2 aromatic rings. The minimum absolute atomic E-state index is 0.844. The van der Waals surface area contributed by atoms with E-state index in [2.05, 4.69) is 26.2 Å². The molecular weight excluding hydrogens is 286 g/mol. The highest BCUT2D eigenvalue weighted by Crippen LogP contribution is 2.25. The number of nitrogens with zero attached hydrogens (tertiary/aromatic N) is 1. The Morgan fingerprint density at radius 2 is 2.31 bits per heavy atom. The molecule has 0 amide bonds. The summed E-state index contributed by atoms with van der Waals surface area (Å²) in [5, 5.41) is 13.4. The van der Waals surface area contributed by atoms with E-state index in [1.807, 2.05) is 30.5 Å². The van der Waals surface area contributed by atoms with Gasteiger partial charge in [-0.3, -0.25) is 0 Å². The minimum atomic E-state index is 0.844. The average Bonchev–Trinajstić information content (AvgIpc) is 2.64. The third kappa shape index (κ3) is 2.48. The fourth-order valence-corrected chi connectivity index (χ4v) is 2.35. The third-order valence-electron chi connectivity index (χ3n) is 2.03. The molecule has 0 atom stereocenters. The highest BCUT2D eigenvalue weighted by molar-refractivity contribution is 9.10. The van der Waals surface area contributed by atoms with E-state index in [1.54, 1.807) is 11.3 Å². The molecule has 16 heavy (non-hydrogen) atoms. The van der Waals surface area contributed by atoms with Crippen molar-refractivity contribution in [3.8, 4) is 0 Å². The number of halogens is 1. The second-order valence-corrected chi connectivity index (χ2v) is 5.07. The molecule has 0 radical (unpaired) electrons. The number of hydrogen-bond acceptors (Lipinski definition) is 4. The van der Waals surface area contributed by atoms with E-state index in [4.69, 9.17) is 5.41 Å². The number of rotatable bonds is 3. The smallest absolute Gasteiger partial charge is 0.187 e. The van der Waals surface area contributed by atoms with Crippen LogP contribution >= 0.6 is 27.3 Å². The van der Waals surface area contributed by atoms with Crippen LogP contribution in [0.1, 0.15) is 11.3 Å². The van der Waals surface area contributed by atoms with Gasteiger partial charge in [0, 0.05) is 21.6 Å². The zero-order valence-corrected chi connectivity index (χ0v) is 11.0.